The van der Waals surface area contributed by atoms with Crippen LogP contribution in [0.4, 0.5) is 0 Å². The van der Waals surface area contributed by atoms with E-state index < -0.39 is 10.0 Å². The molecule has 0 unspecified atom stereocenters. The van der Waals surface area contributed by atoms with Gasteiger partial charge in [0.15, 0.2) is 0 Å². The second-order valence-corrected chi connectivity index (χ2v) is 9.62. The molecule has 1 aromatic carbocycles. The first-order valence-corrected chi connectivity index (χ1v) is 9.91. The molecule has 0 bridgehead atoms. The molecule has 0 spiro atoms. The lowest BCUT2D eigenvalue weighted by Gasteiger charge is -2.21. The Morgan fingerprint density at radius 2 is 1.71 bits per heavy atom. The molecule has 0 aliphatic heterocycles. The molecular weight excluding hydrogens is 391 g/mol. The minimum Gasteiger partial charge on any atom is -0.340 e. The highest BCUT2D eigenvalue weighted by Gasteiger charge is 2.25. The van der Waals surface area contributed by atoms with Crippen LogP contribution in [0.1, 0.15) is 5.56 Å². The summed E-state index contributed by atoms with van der Waals surface area (Å²) in [5.41, 5.74) is 0.908. The Morgan fingerprint density at radius 3 is 2.25 bits per heavy atom. The number of carbonyl (C=O) groups excluding carboxylic acids is 1. The van der Waals surface area contributed by atoms with Crippen molar-refractivity contribution >= 4 is 50.5 Å². The first kappa shape index (κ1) is 19.2. The van der Waals surface area contributed by atoms with E-state index in [1.54, 1.807) is 19.2 Å². The summed E-state index contributed by atoms with van der Waals surface area (Å²) in [4.78, 5) is 13.7. The Bertz CT molecular complexity index is 819. The van der Waals surface area contributed by atoms with Gasteiger partial charge in [0.2, 0.25) is 5.91 Å². The number of sulfonamides is 1. The third-order valence-corrected chi connectivity index (χ3v) is 7.08. The van der Waals surface area contributed by atoms with E-state index in [0.717, 1.165) is 21.2 Å². The third-order valence-electron chi connectivity index (χ3n) is 3.33. The predicted molar refractivity (Wildman–Crippen MR) is 97.1 cm³/mol. The fourth-order valence-electron chi connectivity index (χ4n) is 1.94. The van der Waals surface area contributed by atoms with Gasteiger partial charge >= 0.3 is 0 Å². The first-order valence-electron chi connectivity index (χ1n) is 6.90. The van der Waals surface area contributed by atoms with Gasteiger partial charge in [-0.05, 0) is 29.8 Å². The Morgan fingerprint density at radius 1 is 1.08 bits per heavy atom. The zero-order chi connectivity index (χ0) is 17.9. The number of carbonyl (C=O) groups is 1. The zero-order valence-electron chi connectivity index (χ0n) is 13.1. The van der Waals surface area contributed by atoms with E-state index in [1.807, 2.05) is 12.1 Å². The van der Waals surface area contributed by atoms with Crippen molar-refractivity contribution in [3.63, 3.8) is 0 Å². The highest BCUT2D eigenvalue weighted by atomic mass is 35.5. The number of amides is 1. The monoisotopic (exact) mass is 406 g/mol. The van der Waals surface area contributed by atoms with E-state index in [-0.39, 0.29) is 16.7 Å². The molecule has 0 radical (unpaired) electrons. The predicted octanol–water partition coefficient (Wildman–Crippen LogP) is 3.33. The van der Waals surface area contributed by atoms with Crippen LogP contribution in [-0.4, -0.2) is 44.2 Å². The van der Waals surface area contributed by atoms with E-state index in [9.17, 15) is 13.2 Å². The highest BCUT2D eigenvalue weighted by Crippen LogP contribution is 2.27. The lowest BCUT2D eigenvalue weighted by Crippen LogP contribution is -2.38. The fourth-order valence-corrected chi connectivity index (χ4v) is 4.88. The SMILES string of the molecule is CN(Cc1ccc(Cl)cc1)C(=O)CN(C)S(=O)(=O)c1ccc(Cl)s1. The first-order chi connectivity index (χ1) is 11.2. The van der Waals surface area contributed by atoms with Crippen molar-refractivity contribution < 1.29 is 13.2 Å². The largest absolute Gasteiger partial charge is 0.340 e. The summed E-state index contributed by atoms with van der Waals surface area (Å²) in [6.45, 7) is 0.122. The van der Waals surface area contributed by atoms with Crippen LogP contribution in [-0.2, 0) is 21.4 Å². The van der Waals surface area contributed by atoms with E-state index in [2.05, 4.69) is 0 Å². The van der Waals surface area contributed by atoms with Crippen molar-refractivity contribution in [2.45, 2.75) is 10.8 Å². The summed E-state index contributed by atoms with van der Waals surface area (Å²) >= 11 is 12.6. The molecule has 0 fully saturated rings. The number of likely N-dealkylation sites (N-methyl/N-ethyl adjacent to an activating group) is 2. The van der Waals surface area contributed by atoms with Crippen LogP contribution in [0, 0.1) is 0 Å². The van der Waals surface area contributed by atoms with Crippen molar-refractivity contribution in [1.82, 2.24) is 9.21 Å². The number of hydrogen-bond donors (Lipinski definition) is 0. The fraction of sp³-hybridized carbons (Fsp3) is 0.267. The van der Waals surface area contributed by atoms with Crippen LogP contribution < -0.4 is 0 Å². The number of halogens is 2. The standard InChI is InChI=1S/C15H16Cl2N2O3S2/c1-18(9-11-3-5-12(16)6-4-11)14(20)10-19(2)24(21,22)15-8-7-13(17)23-15/h3-8H,9-10H2,1-2H3. The molecule has 0 saturated heterocycles. The minimum absolute atomic E-state index is 0.114. The average Bonchev–Trinajstić information content (AvgIpc) is 2.96. The Hall–Kier alpha value is -1.12. The summed E-state index contributed by atoms with van der Waals surface area (Å²) in [7, 11) is -0.726. The molecule has 0 aliphatic carbocycles. The van der Waals surface area contributed by atoms with E-state index in [4.69, 9.17) is 23.2 Å². The molecule has 9 heteroatoms. The molecule has 2 aromatic rings. The van der Waals surface area contributed by atoms with Gasteiger partial charge in [-0.3, -0.25) is 4.79 Å². The Labute approximate surface area is 155 Å². The van der Waals surface area contributed by atoms with Crippen LogP contribution in [0.5, 0.6) is 0 Å². The maximum absolute atomic E-state index is 12.4. The molecule has 1 heterocycles. The molecule has 5 nitrogen and oxygen atoms in total. The summed E-state index contributed by atoms with van der Waals surface area (Å²) < 4.78 is 26.3. The van der Waals surface area contributed by atoms with E-state index >= 15 is 0 Å². The molecule has 0 atom stereocenters. The summed E-state index contributed by atoms with van der Waals surface area (Å²) in [5.74, 6) is -0.307. The normalized spacial score (nSPS) is 11.7. The quantitative estimate of drug-likeness (QED) is 0.738. The third kappa shape index (κ3) is 4.70. The van der Waals surface area contributed by atoms with Gasteiger partial charge in [-0.1, -0.05) is 35.3 Å². The van der Waals surface area contributed by atoms with Crippen LogP contribution in [0.25, 0.3) is 0 Å². The molecule has 2 rings (SSSR count). The molecule has 1 amide bonds. The molecule has 130 valence electrons. The molecule has 1 aromatic heterocycles. The van der Waals surface area contributed by atoms with Crippen molar-refractivity contribution in [1.29, 1.82) is 0 Å². The van der Waals surface area contributed by atoms with Crippen molar-refractivity contribution in [2.75, 3.05) is 20.6 Å². The number of nitrogens with zero attached hydrogens (tertiary/aromatic N) is 2. The van der Waals surface area contributed by atoms with Crippen LogP contribution >= 0.6 is 34.5 Å². The van der Waals surface area contributed by atoms with Crippen molar-refractivity contribution in [3.8, 4) is 0 Å². The van der Waals surface area contributed by atoms with Gasteiger partial charge in [-0.25, -0.2) is 8.42 Å². The number of thiophene rings is 1. The lowest BCUT2D eigenvalue weighted by molar-refractivity contribution is -0.130. The zero-order valence-corrected chi connectivity index (χ0v) is 16.2. The Balaban J connectivity index is 2.01. The molecule has 0 aliphatic rings. The number of rotatable bonds is 6. The summed E-state index contributed by atoms with van der Waals surface area (Å²) in [6, 6.07) is 10.1. The van der Waals surface area contributed by atoms with Gasteiger partial charge in [0, 0.05) is 25.7 Å². The number of hydrogen-bond acceptors (Lipinski definition) is 4. The lowest BCUT2D eigenvalue weighted by atomic mass is 10.2. The molecule has 0 N–H and O–H groups in total. The van der Waals surface area contributed by atoms with E-state index in [1.165, 1.54) is 24.1 Å². The smallest absolute Gasteiger partial charge is 0.252 e. The van der Waals surface area contributed by atoms with Gasteiger partial charge in [0.05, 0.1) is 10.9 Å². The maximum atomic E-state index is 12.4. The number of benzene rings is 1. The van der Waals surface area contributed by atoms with Gasteiger partial charge in [-0.2, -0.15) is 4.31 Å². The van der Waals surface area contributed by atoms with Crippen LogP contribution in [0.15, 0.2) is 40.6 Å². The minimum atomic E-state index is -3.72. The van der Waals surface area contributed by atoms with Gasteiger partial charge in [0.1, 0.15) is 4.21 Å². The second kappa shape index (κ2) is 7.84. The highest BCUT2D eigenvalue weighted by molar-refractivity contribution is 7.91. The summed E-state index contributed by atoms with van der Waals surface area (Å²) in [6.07, 6.45) is 0. The summed E-state index contributed by atoms with van der Waals surface area (Å²) in [5, 5.41) is 0.619. The van der Waals surface area contributed by atoms with Crippen LogP contribution in [0.2, 0.25) is 9.36 Å². The maximum Gasteiger partial charge on any atom is 0.252 e. The van der Waals surface area contributed by atoms with Crippen molar-refractivity contribution in [2.24, 2.45) is 0 Å². The van der Waals surface area contributed by atoms with Crippen LogP contribution in [0.3, 0.4) is 0 Å². The van der Waals surface area contributed by atoms with Gasteiger partial charge in [0.25, 0.3) is 10.0 Å². The van der Waals surface area contributed by atoms with Crippen molar-refractivity contribution in [3.05, 3.63) is 51.3 Å². The topological polar surface area (TPSA) is 57.7 Å². The van der Waals surface area contributed by atoms with E-state index in [0.29, 0.717) is 15.9 Å². The second-order valence-electron chi connectivity index (χ2n) is 5.20. The molecule has 0 saturated carbocycles. The Kier molecular flexibility index (Phi) is 6.28. The molecule has 24 heavy (non-hydrogen) atoms. The molecular formula is C15H16Cl2N2O3S2. The average molecular weight is 407 g/mol. The van der Waals surface area contributed by atoms with Gasteiger partial charge in [-0.15, -0.1) is 11.3 Å². The van der Waals surface area contributed by atoms with Gasteiger partial charge < -0.3 is 4.90 Å².